The van der Waals surface area contributed by atoms with Crippen molar-refractivity contribution in [2.45, 2.75) is 32.9 Å². The van der Waals surface area contributed by atoms with E-state index in [1.54, 1.807) is 29.7 Å². The van der Waals surface area contributed by atoms with Crippen LogP contribution in [0.3, 0.4) is 0 Å². The van der Waals surface area contributed by atoms with Crippen LogP contribution in [0, 0.1) is 5.92 Å². The SMILES string of the molecule is CC(C)C[C@H](c1nnnn1Cc1cccs1)[NH+]1CCN(C(=O)c2ccco2)CC1. The normalized spacial score (nSPS) is 16.4. The highest BCUT2D eigenvalue weighted by atomic mass is 32.1. The molecule has 0 spiro atoms. The number of furan rings is 1. The first-order chi connectivity index (χ1) is 14.1. The summed E-state index contributed by atoms with van der Waals surface area (Å²) in [5, 5.41) is 14.7. The first-order valence-electron chi connectivity index (χ1n) is 10.1. The van der Waals surface area contributed by atoms with Crippen LogP contribution in [0.5, 0.6) is 0 Å². The van der Waals surface area contributed by atoms with E-state index in [0.717, 1.165) is 25.3 Å². The maximum Gasteiger partial charge on any atom is 0.289 e. The Morgan fingerprint density at radius 1 is 1.28 bits per heavy atom. The Morgan fingerprint density at radius 2 is 2.10 bits per heavy atom. The molecule has 8 nitrogen and oxygen atoms in total. The lowest BCUT2D eigenvalue weighted by Gasteiger charge is -2.36. The number of carbonyl (C=O) groups excluding carboxylic acids is 1. The number of tetrazole rings is 1. The van der Waals surface area contributed by atoms with Crippen molar-refractivity contribution < 1.29 is 14.1 Å². The number of nitrogens with zero attached hydrogens (tertiary/aromatic N) is 5. The maximum absolute atomic E-state index is 12.6. The molecule has 0 bridgehead atoms. The zero-order chi connectivity index (χ0) is 20.2. The Hall–Kier alpha value is -2.52. The molecule has 1 aliphatic rings. The second-order valence-electron chi connectivity index (χ2n) is 7.88. The molecule has 1 fully saturated rings. The fraction of sp³-hybridized carbons (Fsp3) is 0.500. The van der Waals surface area contributed by atoms with Gasteiger partial charge in [-0.25, -0.2) is 4.68 Å². The molecule has 154 valence electrons. The van der Waals surface area contributed by atoms with Crippen molar-refractivity contribution in [3.05, 3.63) is 52.4 Å². The minimum absolute atomic E-state index is 0.0306. The quantitative estimate of drug-likeness (QED) is 0.633. The molecular formula is C20H27N6O2S+. The van der Waals surface area contributed by atoms with Gasteiger partial charge in [0.1, 0.15) is 6.04 Å². The van der Waals surface area contributed by atoms with Crippen molar-refractivity contribution >= 4 is 17.2 Å². The number of hydrogen-bond acceptors (Lipinski definition) is 6. The van der Waals surface area contributed by atoms with Gasteiger partial charge in [-0.2, -0.15) is 0 Å². The number of quaternary nitrogens is 1. The van der Waals surface area contributed by atoms with Crippen molar-refractivity contribution in [2.24, 2.45) is 5.92 Å². The molecule has 1 atom stereocenters. The lowest BCUT2D eigenvalue weighted by Crippen LogP contribution is -3.15. The zero-order valence-electron chi connectivity index (χ0n) is 16.8. The second kappa shape index (κ2) is 8.87. The number of amides is 1. The maximum atomic E-state index is 12.6. The Morgan fingerprint density at radius 3 is 2.76 bits per heavy atom. The molecule has 4 heterocycles. The third-order valence-electron chi connectivity index (χ3n) is 5.38. The highest BCUT2D eigenvalue weighted by molar-refractivity contribution is 7.09. The molecule has 0 aliphatic carbocycles. The number of carbonyl (C=O) groups is 1. The molecule has 1 N–H and O–H groups in total. The summed E-state index contributed by atoms with van der Waals surface area (Å²) in [6.07, 6.45) is 2.55. The van der Waals surface area contributed by atoms with Crippen LogP contribution in [0.1, 0.15) is 47.6 Å². The van der Waals surface area contributed by atoms with E-state index < -0.39 is 0 Å². The van der Waals surface area contributed by atoms with Crippen molar-refractivity contribution in [3.8, 4) is 0 Å². The summed E-state index contributed by atoms with van der Waals surface area (Å²) in [6.45, 7) is 8.31. The first kappa shape index (κ1) is 19.8. The van der Waals surface area contributed by atoms with E-state index in [0.29, 0.717) is 31.3 Å². The Kier molecular flexibility index (Phi) is 6.05. The Labute approximate surface area is 174 Å². The van der Waals surface area contributed by atoms with E-state index >= 15 is 0 Å². The van der Waals surface area contributed by atoms with Crippen LogP contribution in [0.15, 0.2) is 40.3 Å². The predicted octanol–water partition coefficient (Wildman–Crippen LogP) is 1.50. The van der Waals surface area contributed by atoms with Gasteiger partial charge < -0.3 is 14.2 Å². The van der Waals surface area contributed by atoms with Crippen LogP contribution in [0.2, 0.25) is 0 Å². The summed E-state index contributed by atoms with van der Waals surface area (Å²) in [5.74, 6) is 1.85. The molecule has 0 aromatic carbocycles. The molecule has 3 aromatic heterocycles. The van der Waals surface area contributed by atoms with E-state index in [2.05, 4.69) is 46.9 Å². The largest absolute Gasteiger partial charge is 0.459 e. The van der Waals surface area contributed by atoms with Crippen LogP contribution >= 0.6 is 11.3 Å². The minimum Gasteiger partial charge on any atom is -0.459 e. The average molecular weight is 416 g/mol. The van der Waals surface area contributed by atoms with Gasteiger partial charge in [0.2, 0.25) is 5.82 Å². The van der Waals surface area contributed by atoms with Crippen LogP contribution in [0.4, 0.5) is 0 Å². The Bertz CT molecular complexity index is 897. The summed E-state index contributed by atoms with van der Waals surface area (Å²) in [7, 11) is 0. The number of thiophene rings is 1. The summed E-state index contributed by atoms with van der Waals surface area (Å²) in [5.41, 5.74) is 0. The highest BCUT2D eigenvalue weighted by Gasteiger charge is 2.35. The van der Waals surface area contributed by atoms with Gasteiger partial charge in [-0.1, -0.05) is 19.9 Å². The van der Waals surface area contributed by atoms with Gasteiger partial charge in [-0.05, 0) is 39.9 Å². The number of aromatic nitrogens is 4. The van der Waals surface area contributed by atoms with E-state index in [-0.39, 0.29) is 11.9 Å². The number of nitrogens with one attached hydrogen (secondary N) is 1. The van der Waals surface area contributed by atoms with Gasteiger partial charge in [0.15, 0.2) is 5.76 Å². The minimum atomic E-state index is -0.0306. The van der Waals surface area contributed by atoms with E-state index in [1.807, 2.05) is 9.58 Å². The van der Waals surface area contributed by atoms with Crippen molar-refractivity contribution in [3.63, 3.8) is 0 Å². The molecule has 0 radical (unpaired) electrons. The van der Waals surface area contributed by atoms with Gasteiger partial charge >= 0.3 is 0 Å². The Balaban J connectivity index is 1.47. The fourth-order valence-corrected chi connectivity index (χ4v) is 4.64. The summed E-state index contributed by atoms with van der Waals surface area (Å²) >= 11 is 1.72. The smallest absolute Gasteiger partial charge is 0.289 e. The molecule has 0 unspecified atom stereocenters. The van der Waals surface area contributed by atoms with Crippen molar-refractivity contribution in [1.82, 2.24) is 25.1 Å². The van der Waals surface area contributed by atoms with Crippen molar-refractivity contribution in [2.75, 3.05) is 26.2 Å². The third-order valence-corrected chi connectivity index (χ3v) is 6.24. The lowest BCUT2D eigenvalue weighted by molar-refractivity contribution is -0.937. The van der Waals surface area contributed by atoms with E-state index in [1.165, 1.54) is 9.78 Å². The molecule has 4 rings (SSSR count). The van der Waals surface area contributed by atoms with Gasteiger partial charge in [-0.3, -0.25) is 4.79 Å². The molecule has 29 heavy (non-hydrogen) atoms. The average Bonchev–Trinajstić information content (AvgIpc) is 3.49. The summed E-state index contributed by atoms with van der Waals surface area (Å²) in [4.78, 5) is 17.1. The predicted molar refractivity (Wildman–Crippen MR) is 109 cm³/mol. The molecule has 3 aromatic rings. The van der Waals surface area contributed by atoms with E-state index in [4.69, 9.17) is 4.42 Å². The van der Waals surface area contributed by atoms with Gasteiger partial charge in [0.05, 0.1) is 39.0 Å². The van der Waals surface area contributed by atoms with Crippen LogP contribution < -0.4 is 4.90 Å². The fourth-order valence-electron chi connectivity index (χ4n) is 3.95. The molecule has 9 heteroatoms. The topological polar surface area (TPSA) is 81.5 Å². The highest BCUT2D eigenvalue weighted by Crippen LogP contribution is 2.19. The van der Waals surface area contributed by atoms with Crippen molar-refractivity contribution in [1.29, 1.82) is 0 Å². The molecule has 0 saturated carbocycles. The number of piperazine rings is 1. The second-order valence-corrected chi connectivity index (χ2v) is 8.92. The van der Waals surface area contributed by atoms with Crippen LogP contribution in [0.25, 0.3) is 0 Å². The van der Waals surface area contributed by atoms with Crippen LogP contribution in [-0.4, -0.2) is 57.2 Å². The summed E-state index contributed by atoms with van der Waals surface area (Å²) in [6, 6.07) is 7.85. The monoisotopic (exact) mass is 415 g/mol. The number of rotatable bonds is 7. The van der Waals surface area contributed by atoms with Gasteiger partial charge in [-0.15, -0.1) is 16.4 Å². The summed E-state index contributed by atoms with van der Waals surface area (Å²) < 4.78 is 7.21. The van der Waals surface area contributed by atoms with Crippen LogP contribution in [-0.2, 0) is 6.54 Å². The molecule has 1 amide bonds. The number of hydrogen-bond donors (Lipinski definition) is 1. The first-order valence-corrected chi connectivity index (χ1v) is 11.0. The third kappa shape index (κ3) is 4.56. The van der Waals surface area contributed by atoms with Gasteiger partial charge in [0, 0.05) is 11.3 Å². The molecule has 1 saturated heterocycles. The lowest BCUT2D eigenvalue weighted by atomic mass is 10.0. The van der Waals surface area contributed by atoms with Gasteiger partial charge in [0.25, 0.3) is 5.91 Å². The standard InChI is InChI=1S/C20H26N6O2S/c1-15(2)13-17(19-21-22-23-26(19)14-16-5-4-12-29-16)24-7-9-25(10-8-24)20(27)18-6-3-11-28-18/h3-6,11-12,15,17H,7-10,13-14H2,1-2H3/p+1/t17-/m1/s1. The van der Waals surface area contributed by atoms with E-state index in [9.17, 15) is 4.79 Å². The zero-order valence-corrected chi connectivity index (χ0v) is 17.6. The molecule has 1 aliphatic heterocycles. The molecular weight excluding hydrogens is 388 g/mol.